The smallest absolute Gasteiger partial charge is 0.162 e. The molecule has 0 bridgehead atoms. The zero-order valence-electron chi connectivity index (χ0n) is 14.2. The average molecular weight is 332 g/mol. The molecule has 1 saturated heterocycles. The van der Waals surface area contributed by atoms with Crippen LogP contribution in [0.15, 0.2) is 43.5 Å². The number of fused-ring (bicyclic) bond motifs is 1. The van der Waals surface area contributed by atoms with Crippen molar-refractivity contribution >= 4 is 22.3 Å². The maximum Gasteiger partial charge on any atom is 0.162 e. The topological polar surface area (TPSA) is 66.8 Å². The lowest BCUT2D eigenvalue weighted by Gasteiger charge is -2.29. The average Bonchev–Trinajstić information content (AvgIpc) is 2.67. The summed E-state index contributed by atoms with van der Waals surface area (Å²) in [6.45, 7) is 9.80. The van der Waals surface area contributed by atoms with Gasteiger partial charge in [0.1, 0.15) is 5.82 Å². The molecule has 0 aromatic carbocycles. The van der Waals surface area contributed by atoms with Crippen molar-refractivity contribution in [2.24, 2.45) is 0 Å². The number of aromatic nitrogens is 4. The first kappa shape index (κ1) is 15.7. The summed E-state index contributed by atoms with van der Waals surface area (Å²) in [7, 11) is 0. The number of pyridine rings is 2. The van der Waals surface area contributed by atoms with Crippen LogP contribution >= 0.6 is 0 Å². The largest absolute Gasteiger partial charge is 0.353 e. The summed E-state index contributed by atoms with van der Waals surface area (Å²) >= 11 is 0. The Morgan fingerprint density at radius 2 is 1.84 bits per heavy atom. The van der Waals surface area contributed by atoms with E-state index in [0.29, 0.717) is 5.82 Å². The molecule has 6 heteroatoms. The highest BCUT2D eigenvalue weighted by atomic mass is 15.2. The molecule has 0 atom stereocenters. The molecule has 25 heavy (non-hydrogen) atoms. The second kappa shape index (κ2) is 6.57. The van der Waals surface area contributed by atoms with Gasteiger partial charge in [-0.3, -0.25) is 9.97 Å². The summed E-state index contributed by atoms with van der Waals surface area (Å²) in [6.07, 6.45) is 7.18. The van der Waals surface area contributed by atoms with Gasteiger partial charge in [-0.1, -0.05) is 6.58 Å². The van der Waals surface area contributed by atoms with Crippen molar-refractivity contribution in [3.63, 3.8) is 0 Å². The number of allylic oxidation sites excluding steroid dienone is 1. The second-order valence-electron chi connectivity index (χ2n) is 6.20. The Hall–Kier alpha value is -2.86. The van der Waals surface area contributed by atoms with Gasteiger partial charge in [-0.2, -0.15) is 0 Å². The van der Waals surface area contributed by atoms with Gasteiger partial charge in [-0.25, -0.2) is 9.97 Å². The number of rotatable bonds is 3. The van der Waals surface area contributed by atoms with Crippen LogP contribution in [0.25, 0.3) is 27.9 Å². The van der Waals surface area contributed by atoms with Gasteiger partial charge in [-0.15, -0.1) is 0 Å². The number of nitrogens with zero attached hydrogens (tertiary/aromatic N) is 5. The Morgan fingerprint density at radius 1 is 1.08 bits per heavy atom. The normalized spacial score (nSPS) is 14.7. The van der Waals surface area contributed by atoms with E-state index in [2.05, 4.69) is 26.8 Å². The van der Waals surface area contributed by atoms with Crippen molar-refractivity contribution in [1.29, 1.82) is 0 Å². The first-order valence-corrected chi connectivity index (χ1v) is 8.42. The van der Waals surface area contributed by atoms with Crippen molar-refractivity contribution < 1.29 is 0 Å². The minimum Gasteiger partial charge on any atom is -0.353 e. The van der Waals surface area contributed by atoms with Gasteiger partial charge in [0, 0.05) is 61.3 Å². The van der Waals surface area contributed by atoms with Crippen LogP contribution in [-0.2, 0) is 0 Å². The van der Waals surface area contributed by atoms with Crippen molar-refractivity contribution in [2.75, 3.05) is 31.1 Å². The van der Waals surface area contributed by atoms with E-state index in [1.165, 1.54) is 0 Å². The van der Waals surface area contributed by atoms with Crippen LogP contribution in [0.4, 0.5) is 5.82 Å². The Labute approximate surface area is 146 Å². The fourth-order valence-electron chi connectivity index (χ4n) is 3.13. The Bertz CT molecular complexity index is 930. The SMILES string of the molecule is C=C(C)c1cnccc1-c1nc(N2CCNCC2)c2ccncc2n1. The third kappa shape index (κ3) is 2.96. The number of hydrogen-bond donors (Lipinski definition) is 1. The van der Waals surface area contributed by atoms with E-state index in [9.17, 15) is 0 Å². The lowest BCUT2D eigenvalue weighted by Crippen LogP contribution is -2.44. The highest BCUT2D eigenvalue weighted by Gasteiger charge is 2.18. The summed E-state index contributed by atoms with van der Waals surface area (Å²) in [5.74, 6) is 1.66. The number of hydrogen-bond acceptors (Lipinski definition) is 6. The summed E-state index contributed by atoms with van der Waals surface area (Å²) in [5.41, 5.74) is 3.72. The minimum absolute atomic E-state index is 0.689. The quantitative estimate of drug-likeness (QED) is 0.795. The van der Waals surface area contributed by atoms with E-state index in [0.717, 1.165) is 59.6 Å². The molecule has 3 aromatic rings. The third-order valence-electron chi connectivity index (χ3n) is 4.42. The minimum atomic E-state index is 0.689. The van der Waals surface area contributed by atoms with Crippen LogP contribution in [-0.4, -0.2) is 46.1 Å². The first-order valence-electron chi connectivity index (χ1n) is 8.42. The molecule has 4 heterocycles. The Balaban J connectivity index is 1.92. The molecular formula is C19H20N6. The van der Waals surface area contributed by atoms with Crippen LogP contribution in [0.5, 0.6) is 0 Å². The van der Waals surface area contributed by atoms with Gasteiger partial charge in [0.05, 0.1) is 11.7 Å². The standard InChI is InChI=1S/C19H20N6/c1-13(2)16-11-21-5-3-14(16)18-23-17-12-22-6-4-15(17)19(24-18)25-9-7-20-8-10-25/h3-6,11-12,20H,1,7-10H2,2H3. The van der Waals surface area contributed by atoms with E-state index in [4.69, 9.17) is 9.97 Å². The van der Waals surface area contributed by atoms with Crippen molar-refractivity contribution in [1.82, 2.24) is 25.3 Å². The van der Waals surface area contributed by atoms with Gasteiger partial charge in [0.15, 0.2) is 5.82 Å². The molecular weight excluding hydrogens is 312 g/mol. The number of piperazine rings is 1. The van der Waals surface area contributed by atoms with Gasteiger partial charge in [0.25, 0.3) is 0 Å². The van der Waals surface area contributed by atoms with E-state index < -0.39 is 0 Å². The molecule has 1 aliphatic heterocycles. The van der Waals surface area contributed by atoms with Crippen LogP contribution in [0, 0.1) is 0 Å². The molecule has 0 radical (unpaired) electrons. The summed E-state index contributed by atoms with van der Waals surface area (Å²) in [5, 5.41) is 4.42. The molecule has 1 N–H and O–H groups in total. The molecule has 0 spiro atoms. The molecule has 3 aromatic heterocycles. The maximum atomic E-state index is 4.93. The fraction of sp³-hybridized carbons (Fsp3) is 0.263. The van der Waals surface area contributed by atoms with Crippen molar-refractivity contribution in [3.8, 4) is 11.4 Å². The van der Waals surface area contributed by atoms with Crippen LogP contribution in [0.2, 0.25) is 0 Å². The molecule has 0 amide bonds. The molecule has 4 rings (SSSR count). The highest BCUT2D eigenvalue weighted by Crippen LogP contribution is 2.30. The van der Waals surface area contributed by atoms with E-state index in [-0.39, 0.29) is 0 Å². The Kier molecular flexibility index (Phi) is 4.11. The van der Waals surface area contributed by atoms with Gasteiger partial charge < -0.3 is 10.2 Å². The predicted molar refractivity (Wildman–Crippen MR) is 100 cm³/mol. The van der Waals surface area contributed by atoms with Crippen LogP contribution in [0.3, 0.4) is 0 Å². The molecule has 1 fully saturated rings. The van der Waals surface area contributed by atoms with Crippen molar-refractivity contribution in [2.45, 2.75) is 6.92 Å². The van der Waals surface area contributed by atoms with E-state index in [1.807, 2.05) is 25.3 Å². The summed E-state index contributed by atoms with van der Waals surface area (Å²) < 4.78 is 0. The first-order chi connectivity index (χ1) is 12.2. The maximum absolute atomic E-state index is 4.93. The number of nitrogens with one attached hydrogen (secondary N) is 1. The highest BCUT2D eigenvalue weighted by molar-refractivity contribution is 5.91. The van der Waals surface area contributed by atoms with E-state index in [1.54, 1.807) is 18.6 Å². The summed E-state index contributed by atoms with van der Waals surface area (Å²) in [6, 6.07) is 3.94. The molecule has 0 aliphatic carbocycles. The van der Waals surface area contributed by atoms with Gasteiger partial charge in [-0.05, 0) is 24.6 Å². The lowest BCUT2D eigenvalue weighted by atomic mass is 10.0. The Morgan fingerprint density at radius 3 is 2.64 bits per heavy atom. The second-order valence-corrected chi connectivity index (χ2v) is 6.20. The third-order valence-corrected chi connectivity index (χ3v) is 4.42. The molecule has 0 saturated carbocycles. The summed E-state index contributed by atoms with van der Waals surface area (Å²) in [4.78, 5) is 20.5. The monoisotopic (exact) mass is 332 g/mol. The van der Waals surface area contributed by atoms with Gasteiger partial charge in [0.2, 0.25) is 0 Å². The molecule has 6 nitrogen and oxygen atoms in total. The molecule has 1 aliphatic rings. The van der Waals surface area contributed by atoms with Crippen LogP contribution in [0.1, 0.15) is 12.5 Å². The predicted octanol–water partition coefficient (Wildman–Crippen LogP) is 2.53. The van der Waals surface area contributed by atoms with Crippen molar-refractivity contribution in [3.05, 3.63) is 49.1 Å². The number of anilines is 1. The fourth-order valence-corrected chi connectivity index (χ4v) is 3.13. The van der Waals surface area contributed by atoms with Gasteiger partial charge >= 0.3 is 0 Å². The lowest BCUT2D eigenvalue weighted by molar-refractivity contribution is 0.586. The molecule has 126 valence electrons. The zero-order chi connectivity index (χ0) is 17.2. The molecule has 0 unspecified atom stereocenters. The van der Waals surface area contributed by atoms with E-state index >= 15 is 0 Å². The zero-order valence-corrected chi connectivity index (χ0v) is 14.2. The van der Waals surface area contributed by atoms with Crippen LogP contribution < -0.4 is 10.2 Å².